The van der Waals surface area contributed by atoms with Crippen LogP contribution in [0.15, 0.2) is 24.3 Å². The third-order valence-corrected chi connectivity index (χ3v) is 3.37. The lowest BCUT2D eigenvalue weighted by Gasteiger charge is -2.40. The molecule has 2 rings (SSSR count). The van der Waals surface area contributed by atoms with Gasteiger partial charge in [0.05, 0.1) is 4.92 Å². The third-order valence-electron chi connectivity index (χ3n) is 3.37. The maximum atomic E-state index is 10.8. The van der Waals surface area contributed by atoms with Crippen molar-refractivity contribution in [1.82, 2.24) is 0 Å². The van der Waals surface area contributed by atoms with Gasteiger partial charge in [0.2, 0.25) is 0 Å². The fourth-order valence-corrected chi connectivity index (χ4v) is 2.20. The summed E-state index contributed by atoms with van der Waals surface area (Å²) in [6, 6.07) is 7.13. The van der Waals surface area contributed by atoms with Gasteiger partial charge in [0.1, 0.15) is 0 Å². The average molecular weight is 206 g/mol. The van der Waals surface area contributed by atoms with E-state index in [2.05, 4.69) is 6.92 Å². The molecule has 1 aliphatic carbocycles. The second-order valence-electron chi connectivity index (χ2n) is 4.18. The molecule has 1 saturated carbocycles. The van der Waals surface area contributed by atoms with Crippen molar-refractivity contribution in [3.05, 3.63) is 39.9 Å². The van der Waals surface area contributed by atoms with Crippen LogP contribution in [0.1, 0.15) is 24.8 Å². The van der Waals surface area contributed by atoms with Crippen molar-refractivity contribution in [3.63, 3.8) is 0 Å². The van der Waals surface area contributed by atoms with Crippen molar-refractivity contribution < 1.29 is 4.92 Å². The average Bonchev–Trinajstić information content (AvgIpc) is 2.25. The molecular weight excluding hydrogens is 192 g/mol. The maximum absolute atomic E-state index is 10.8. The Labute approximate surface area is 88.2 Å². The zero-order chi connectivity index (χ0) is 11.0. The Morgan fingerprint density at radius 3 is 2.67 bits per heavy atom. The molecule has 0 aromatic heterocycles. The molecule has 0 saturated heterocycles. The summed E-state index contributed by atoms with van der Waals surface area (Å²) >= 11 is 0. The van der Waals surface area contributed by atoms with Crippen molar-refractivity contribution in [2.24, 2.45) is 11.7 Å². The molecule has 1 aromatic carbocycles. The molecule has 3 unspecified atom stereocenters. The molecule has 0 amide bonds. The summed E-state index contributed by atoms with van der Waals surface area (Å²) in [5.41, 5.74) is 6.86. The topological polar surface area (TPSA) is 69.2 Å². The Hall–Kier alpha value is -1.42. The third kappa shape index (κ3) is 1.61. The lowest BCUT2D eigenvalue weighted by Crippen LogP contribution is -2.44. The van der Waals surface area contributed by atoms with Gasteiger partial charge >= 0.3 is 0 Å². The minimum absolute atomic E-state index is 0.190. The van der Waals surface area contributed by atoms with Crippen molar-refractivity contribution in [1.29, 1.82) is 0 Å². The van der Waals surface area contributed by atoms with Gasteiger partial charge in [0.15, 0.2) is 0 Å². The second kappa shape index (κ2) is 3.62. The summed E-state index contributed by atoms with van der Waals surface area (Å²) < 4.78 is 0. The van der Waals surface area contributed by atoms with E-state index >= 15 is 0 Å². The Bertz CT molecular complexity index is 392. The molecule has 3 atom stereocenters. The Balaban J connectivity index is 2.32. The highest BCUT2D eigenvalue weighted by molar-refractivity contribution is 5.44. The predicted molar refractivity (Wildman–Crippen MR) is 57.6 cm³/mol. The number of para-hydroxylation sites is 1. The van der Waals surface area contributed by atoms with E-state index in [0.717, 1.165) is 12.0 Å². The van der Waals surface area contributed by atoms with Gasteiger partial charge in [-0.05, 0) is 18.3 Å². The number of rotatable bonds is 2. The number of nitro groups is 1. The van der Waals surface area contributed by atoms with Crippen LogP contribution in [-0.4, -0.2) is 11.0 Å². The van der Waals surface area contributed by atoms with Gasteiger partial charge in [0.25, 0.3) is 5.69 Å². The summed E-state index contributed by atoms with van der Waals surface area (Å²) in [6.07, 6.45) is 0.853. The summed E-state index contributed by atoms with van der Waals surface area (Å²) in [5.74, 6) is 0.590. The van der Waals surface area contributed by atoms with Crippen molar-refractivity contribution in [2.75, 3.05) is 0 Å². The molecule has 0 heterocycles. The van der Waals surface area contributed by atoms with Crippen molar-refractivity contribution in [3.8, 4) is 0 Å². The van der Waals surface area contributed by atoms with Crippen LogP contribution in [0.2, 0.25) is 0 Å². The van der Waals surface area contributed by atoms with E-state index in [1.54, 1.807) is 12.1 Å². The monoisotopic (exact) mass is 206 g/mol. The van der Waals surface area contributed by atoms with Gasteiger partial charge in [-0.3, -0.25) is 10.1 Å². The molecule has 1 aromatic rings. The van der Waals surface area contributed by atoms with Crippen LogP contribution in [0, 0.1) is 16.0 Å². The van der Waals surface area contributed by atoms with Crippen LogP contribution in [0.25, 0.3) is 0 Å². The highest BCUT2D eigenvalue weighted by Crippen LogP contribution is 2.44. The van der Waals surface area contributed by atoms with Crippen LogP contribution >= 0.6 is 0 Å². The molecule has 4 nitrogen and oxygen atoms in total. The number of benzene rings is 1. The van der Waals surface area contributed by atoms with Gasteiger partial charge < -0.3 is 5.73 Å². The minimum Gasteiger partial charge on any atom is -0.327 e. The van der Waals surface area contributed by atoms with Crippen LogP contribution in [0.4, 0.5) is 5.69 Å². The molecule has 0 spiro atoms. The van der Waals surface area contributed by atoms with E-state index in [1.807, 2.05) is 12.1 Å². The van der Waals surface area contributed by atoms with Crippen LogP contribution in [-0.2, 0) is 0 Å². The fraction of sp³-hybridized carbons (Fsp3) is 0.455. The predicted octanol–water partition coefficient (Wildman–Crippen LogP) is 2.05. The molecule has 1 fully saturated rings. The molecule has 2 N–H and O–H groups in total. The molecule has 15 heavy (non-hydrogen) atoms. The summed E-state index contributed by atoms with van der Waals surface area (Å²) in [7, 11) is 0. The first-order valence-corrected chi connectivity index (χ1v) is 5.10. The number of nitro benzene ring substituents is 1. The van der Waals surface area contributed by atoms with E-state index in [4.69, 9.17) is 5.73 Å². The van der Waals surface area contributed by atoms with E-state index in [-0.39, 0.29) is 22.6 Å². The van der Waals surface area contributed by atoms with E-state index in [9.17, 15) is 10.1 Å². The fourth-order valence-electron chi connectivity index (χ4n) is 2.20. The van der Waals surface area contributed by atoms with Crippen molar-refractivity contribution >= 4 is 5.69 Å². The number of nitrogens with zero attached hydrogens (tertiary/aromatic N) is 1. The van der Waals surface area contributed by atoms with E-state index in [0.29, 0.717) is 5.92 Å². The first-order chi connectivity index (χ1) is 7.11. The normalized spacial score (nSPS) is 29.6. The van der Waals surface area contributed by atoms with Gasteiger partial charge in [-0.25, -0.2) is 0 Å². The lowest BCUT2D eigenvalue weighted by atomic mass is 9.67. The van der Waals surface area contributed by atoms with E-state index in [1.165, 1.54) is 0 Å². The zero-order valence-electron chi connectivity index (χ0n) is 8.59. The first kappa shape index (κ1) is 10.1. The Kier molecular flexibility index (Phi) is 2.44. The quantitative estimate of drug-likeness (QED) is 0.594. The maximum Gasteiger partial charge on any atom is 0.272 e. The Morgan fingerprint density at radius 2 is 2.13 bits per heavy atom. The van der Waals surface area contributed by atoms with Crippen LogP contribution in [0.3, 0.4) is 0 Å². The SMILES string of the molecule is CC1C(N)CC1c1ccccc1[N+](=O)[O-]. The zero-order valence-corrected chi connectivity index (χ0v) is 8.59. The smallest absolute Gasteiger partial charge is 0.272 e. The summed E-state index contributed by atoms with van der Waals surface area (Å²) in [5, 5.41) is 10.8. The molecule has 80 valence electrons. The molecule has 0 bridgehead atoms. The van der Waals surface area contributed by atoms with Crippen molar-refractivity contribution in [2.45, 2.75) is 25.3 Å². The largest absolute Gasteiger partial charge is 0.327 e. The molecule has 1 aliphatic rings. The van der Waals surface area contributed by atoms with Gasteiger partial charge in [-0.1, -0.05) is 25.1 Å². The summed E-state index contributed by atoms with van der Waals surface area (Å²) in [6.45, 7) is 2.05. The standard InChI is InChI=1S/C11H14N2O2/c1-7-9(6-10(7)12)8-4-2-3-5-11(8)13(14)15/h2-5,7,9-10H,6,12H2,1H3. The number of nitrogens with two attached hydrogens (primary N) is 1. The second-order valence-corrected chi connectivity index (χ2v) is 4.18. The molecule has 0 aliphatic heterocycles. The van der Waals surface area contributed by atoms with Gasteiger partial charge in [0, 0.05) is 17.7 Å². The number of hydrogen-bond donors (Lipinski definition) is 1. The molecule has 0 radical (unpaired) electrons. The molecular formula is C11H14N2O2. The van der Waals surface area contributed by atoms with Gasteiger partial charge in [-0.2, -0.15) is 0 Å². The van der Waals surface area contributed by atoms with Crippen LogP contribution in [0.5, 0.6) is 0 Å². The minimum atomic E-state index is -0.314. The molecule has 4 heteroatoms. The van der Waals surface area contributed by atoms with Crippen LogP contribution < -0.4 is 5.73 Å². The lowest BCUT2D eigenvalue weighted by molar-refractivity contribution is -0.386. The highest BCUT2D eigenvalue weighted by atomic mass is 16.6. The summed E-state index contributed by atoms with van der Waals surface area (Å²) in [4.78, 5) is 10.5. The van der Waals surface area contributed by atoms with E-state index < -0.39 is 0 Å². The Morgan fingerprint density at radius 1 is 1.47 bits per heavy atom. The first-order valence-electron chi connectivity index (χ1n) is 5.10. The number of hydrogen-bond acceptors (Lipinski definition) is 3. The highest BCUT2D eigenvalue weighted by Gasteiger charge is 2.38. The van der Waals surface area contributed by atoms with Gasteiger partial charge in [-0.15, -0.1) is 0 Å².